The van der Waals surface area contributed by atoms with Gasteiger partial charge in [0, 0.05) is 11.6 Å². The lowest BCUT2D eigenvalue weighted by atomic mass is 10.00. The fourth-order valence-corrected chi connectivity index (χ4v) is 2.01. The average molecular weight is 248 g/mol. The fourth-order valence-electron chi connectivity index (χ4n) is 2.01. The van der Waals surface area contributed by atoms with Gasteiger partial charge in [-0.05, 0) is 18.6 Å². The molecule has 0 saturated carbocycles. The van der Waals surface area contributed by atoms with Crippen molar-refractivity contribution in [2.75, 3.05) is 20.0 Å². The monoisotopic (exact) mass is 248 g/mol. The van der Waals surface area contributed by atoms with E-state index in [4.69, 9.17) is 19.7 Å². The van der Waals surface area contributed by atoms with E-state index in [1.54, 1.807) is 20.3 Å². The Labute approximate surface area is 105 Å². The Morgan fingerprint density at radius 2 is 1.89 bits per heavy atom. The molecule has 2 N–H and O–H groups in total. The van der Waals surface area contributed by atoms with Gasteiger partial charge in [-0.25, -0.2) is 0 Å². The molecule has 2 rings (SSSR count). The van der Waals surface area contributed by atoms with Crippen molar-refractivity contribution in [3.8, 4) is 22.8 Å². The molecule has 2 aromatic rings. The lowest BCUT2D eigenvalue weighted by molar-refractivity contribution is 0.399. The van der Waals surface area contributed by atoms with Gasteiger partial charge in [-0.2, -0.15) is 0 Å². The number of hydrogen-bond donors (Lipinski definition) is 1. The first kappa shape index (κ1) is 12.3. The number of nitrogen functional groups attached to an aromatic ring is 1. The number of benzene rings is 1. The summed E-state index contributed by atoms with van der Waals surface area (Å²) in [6.45, 7) is 2.05. The van der Waals surface area contributed by atoms with E-state index in [9.17, 15) is 0 Å². The first-order valence-corrected chi connectivity index (χ1v) is 5.67. The molecule has 0 aliphatic rings. The van der Waals surface area contributed by atoms with Gasteiger partial charge in [0.1, 0.15) is 17.2 Å². The Morgan fingerprint density at radius 1 is 1.22 bits per heavy atom. The number of nitrogens with zero attached hydrogens (tertiary/aromatic N) is 1. The minimum absolute atomic E-state index is 0.275. The SMILES string of the molecule is CCc1c(OC)ccc(OC)c1-c1cc(N)on1. The van der Waals surface area contributed by atoms with Crippen LogP contribution < -0.4 is 15.2 Å². The average Bonchev–Trinajstić information content (AvgIpc) is 2.83. The molecule has 0 aliphatic heterocycles. The van der Waals surface area contributed by atoms with E-state index in [0.29, 0.717) is 5.69 Å². The van der Waals surface area contributed by atoms with Gasteiger partial charge in [-0.1, -0.05) is 12.1 Å². The second-order valence-corrected chi connectivity index (χ2v) is 3.79. The summed E-state index contributed by atoms with van der Waals surface area (Å²) < 4.78 is 15.7. The van der Waals surface area contributed by atoms with E-state index in [-0.39, 0.29) is 5.88 Å². The Kier molecular flexibility index (Phi) is 3.41. The summed E-state index contributed by atoms with van der Waals surface area (Å²) in [4.78, 5) is 0. The van der Waals surface area contributed by atoms with Crippen LogP contribution in [0.25, 0.3) is 11.3 Å². The number of anilines is 1. The highest BCUT2D eigenvalue weighted by Crippen LogP contribution is 2.38. The van der Waals surface area contributed by atoms with Gasteiger partial charge in [0.05, 0.1) is 19.8 Å². The van der Waals surface area contributed by atoms with E-state index < -0.39 is 0 Å². The zero-order valence-corrected chi connectivity index (χ0v) is 10.7. The molecule has 5 nitrogen and oxygen atoms in total. The van der Waals surface area contributed by atoms with Crippen LogP contribution in [-0.2, 0) is 6.42 Å². The lowest BCUT2D eigenvalue weighted by Gasteiger charge is -2.14. The van der Waals surface area contributed by atoms with Crippen LogP contribution in [0.4, 0.5) is 5.88 Å². The molecule has 96 valence electrons. The standard InChI is InChI=1S/C13H16N2O3/c1-4-8-10(16-2)5-6-11(17-3)13(8)9-7-12(14)18-15-9/h5-7H,4,14H2,1-3H3. The molecule has 0 aliphatic carbocycles. The smallest absolute Gasteiger partial charge is 0.222 e. The first-order valence-electron chi connectivity index (χ1n) is 5.67. The van der Waals surface area contributed by atoms with E-state index in [0.717, 1.165) is 29.0 Å². The van der Waals surface area contributed by atoms with Gasteiger partial charge in [0.15, 0.2) is 0 Å². The quantitative estimate of drug-likeness (QED) is 0.900. The minimum Gasteiger partial charge on any atom is -0.496 e. The van der Waals surface area contributed by atoms with Crippen molar-refractivity contribution in [1.29, 1.82) is 0 Å². The van der Waals surface area contributed by atoms with Crippen LogP contribution in [0.3, 0.4) is 0 Å². The van der Waals surface area contributed by atoms with E-state index in [1.807, 2.05) is 19.1 Å². The van der Waals surface area contributed by atoms with Gasteiger partial charge in [0.2, 0.25) is 5.88 Å². The summed E-state index contributed by atoms with van der Waals surface area (Å²) in [5.74, 6) is 1.80. The molecule has 1 heterocycles. The van der Waals surface area contributed by atoms with Crippen molar-refractivity contribution in [1.82, 2.24) is 5.16 Å². The normalized spacial score (nSPS) is 10.4. The van der Waals surface area contributed by atoms with Crippen molar-refractivity contribution in [2.45, 2.75) is 13.3 Å². The predicted octanol–water partition coefficient (Wildman–Crippen LogP) is 2.50. The van der Waals surface area contributed by atoms with Gasteiger partial charge in [-0.3, -0.25) is 0 Å². The number of aromatic nitrogens is 1. The third kappa shape index (κ3) is 1.99. The summed E-state index contributed by atoms with van der Waals surface area (Å²) in [5.41, 5.74) is 8.10. The van der Waals surface area contributed by atoms with Crippen molar-refractivity contribution in [2.24, 2.45) is 0 Å². The Bertz CT molecular complexity index is 549. The van der Waals surface area contributed by atoms with Crippen molar-refractivity contribution >= 4 is 5.88 Å². The van der Waals surface area contributed by atoms with Crippen LogP contribution in [0, 0.1) is 0 Å². The summed E-state index contributed by atoms with van der Waals surface area (Å²) in [5, 5.41) is 3.94. The molecule has 0 fully saturated rings. The molecule has 0 spiro atoms. The molecule has 0 amide bonds. The highest BCUT2D eigenvalue weighted by Gasteiger charge is 2.18. The molecule has 0 bridgehead atoms. The topological polar surface area (TPSA) is 70.5 Å². The number of hydrogen-bond acceptors (Lipinski definition) is 5. The van der Waals surface area contributed by atoms with Gasteiger partial charge in [-0.15, -0.1) is 0 Å². The van der Waals surface area contributed by atoms with E-state index in [1.165, 1.54) is 0 Å². The molecular formula is C13H16N2O3. The summed E-state index contributed by atoms with van der Waals surface area (Å²) >= 11 is 0. The summed E-state index contributed by atoms with van der Waals surface area (Å²) in [6, 6.07) is 5.40. The highest BCUT2D eigenvalue weighted by atomic mass is 16.5. The second kappa shape index (κ2) is 5.00. The first-order chi connectivity index (χ1) is 8.71. The van der Waals surface area contributed by atoms with Crippen LogP contribution >= 0.6 is 0 Å². The minimum atomic E-state index is 0.275. The fraction of sp³-hybridized carbons (Fsp3) is 0.308. The number of methoxy groups -OCH3 is 2. The van der Waals surface area contributed by atoms with E-state index in [2.05, 4.69) is 5.16 Å². The molecule has 0 atom stereocenters. The number of ether oxygens (including phenoxy) is 2. The van der Waals surface area contributed by atoms with Crippen molar-refractivity contribution in [3.05, 3.63) is 23.8 Å². The Hall–Kier alpha value is -2.17. The molecule has 1 aromatic carbocycles. The number of rotatable bonds is 4. The van der Waals surface area contributed by atoms with Crippen LogP contribution in [0.15, 0.2) is 22.7 Å². The lowest BCUT2D eigenvalue weighted by Crippen LogP contribution is -1.97. The molecule has 18 heavy (non-hydrogen) atoms. The largest absolute Gasteiger partial charge is 0.496 e. The summed E-state index contributed by atoms with van der Waals surface area (Å²) in [6.07, 6.45) is 0.794. The second-order valence-electron chi connectivity index (χ2n) is 3.79. The van der Waals surface area contributed by atoms with Crippen molar-refractivity contribution < 1.29 is 14.0 Å². The molecule has 5 heteroatoms. The van der Waals surface area contributed by atoms with Crippen LogP contribution in [-0.4, -0.2) is 19.4 Å². The zero-order chi connectivity index (χ0) is 13.1. The van der Waals surface area contributed by atoms with Gasteiger partial charge >= 0.3 is 0 Å². The zero-order valence-electron chi connectivity index (χ0n) is 10.7. The molecule has 0 saturated heterocycles. The van der Waals surface area contributed by atoms with Crippen LogP contribution in [0.1, 0.15) is 12.5 Å². The Morgan fingerprint density at radius 3 is 2.39 bits per heavy atom. The summed E-state index contributed by atoms with van der Waals surface area (Å²) in [7, 11) is 3.26. The third-order valence-electron chi connectivity index (χ3n) is 2.81. The highest BCUT2D eigenvalue weighted by molar-refractivity contribution is 5.75. The van der Waals surface area contributed by atoms with Crippen LogP contribution in [0.5, 0.6) is 11.5 Å². The molecule has 0 unspecified atom stereocenters. The predicted molar refractivity (Wildman–Crippen MR) is 68.8 cm³/mol. The van der Waals surface area contributed by atoms with E-state index >= 15 is 0 Å². The maximum atomic E-state index is 5.57. The van der Waals surface area contributed by atoms with Gasteiger partial charge in [0.25, 0.3) is 0 Å². The number of nitrogens with two attached hydrogens (primary N) is 1. The van der Waals surface area contributed by atoms with Crippen molar-refractivity contribution in [3.63, 3.8) is 0 Å². The maximum Gasteiger partial charge on any atom is 0.222 e. The van der Waals surface area contributed by atoms with Crippen LogP contribution in [0.2, 0.25) is 0 Å². The molecular weight excluding hydrogens is 232 g/mol. The van der Waals surface area contributed by atoms with Gasteiger partial charge < -0.3 is 19.7 Å². The Balaban J connectivity index is 2.68. The third-order valence-corrected chi connectivity index (χ3v) is 2.81. The molecule has 0 radical (unpaired) electrons. The molecule has 1 aromatic heterocycles. The maximum absolute atomic E-state index is 5.57.